The lowest BCUT2D eigenvalue weighted by Gasteiger charge is -2.33. The first-order valence-electron chi connectivity index (χ1n) is 16.0. The van der Waals surface area contributed by atoms with Gasteiger partial charge in [-0.1, -0.05) is 151 Å². The van der Waals surface area contributed by atoms with Gasteiger partial charge in [0.2, 0.25) is 0 Å². The number of ether oxygens (including phenoxy) is 1. The summed E-state index contributed by atoms with van der Waals surface area (Å²) >= 11 is 0. The van der Waals surface area contributed by atoms with Crippen molar-refractivity contribution in [2.24, 2.45) is 0 Å². The lowest BCUT2D eigenvalue weighted by atomic mass is 9.72. The second kappa shape index (κ2) is 18.7. The average molecular weight is 531 g/mol. The van der Waals surface area contributed by atoms with E-state index in [2.05, 4.69) is 48.5 Å². The molecule has 0 spiro atoms. The summed E-state index contributed by atoms with van der Waals surface area (Å²) in [7, 11) is 0. The SMILES string of the molecule is CCCCCCCCCCCCCCCCCCOC(=O)CCc1ccc(O)c(C(C)(C)C)c1C(C)(C)C. The van der Waals surface area contributed by atoms with Crippen LogP contribution in [0.3, 0.4) is 0 Å². The predicted octanol–water partition coefficient (Wildman–Crippen LogP) is 10.7. The second-order valence-corrected chi connectivity index (χ2v) is 13.5. The number of unbranched alkanes of at least 4 members (excludes halogenated alkanes) is 15. The predicted molar refractivity (Wildman–Crippen MR) is 164 cm³/mol. The van der Waals surface area contributed by atoms with Crippen molar-refractivity contribution in [1.29, 1.82) is 0 Å². The summed E-state index contributed by atoms with van der Waals surface area (Å²) < 4.78 is 5.54. The Kier molecular flexibility index (Phi) is 17.0. The molecule has 1 aromatic rings. The van der Waals surface area contributed by atoms with Crippen molar-refractivity contribution < 1.29 is 14.6 Å². The topological polar surface area (TPSA) is 46.5 Å². The van der Waals surface area contributed by atoms with Gasteiger partial charge in [-0.05, 0) is 40.9 Å². The number of benzene rings is 1. The van der Waals surface area contributed by atoms with E-state index in [0.29, 0.717) is 25.2 Å². The standard InChI is InChI=1S/C35H62O3/c1-8-9-10-11-12-13-14-15-16-17-18-19-20-21-22-23-28-38-31(37)27-25-29-24-26-30(36)33(35(5,6)7)32(29)34(2,3)4/h24,26,36H,8-23,25,27-28H2,1-7H3. The number of aryl methyl sites for hydroxylation is 1. The molecule has 1 N–H and O–H groups in total. The highest BCUT2D eigenvalue weighted by atomic mass is 16.5. The Morgan fingerprint density at radius 2 is 1.08 bits per heavy atom. The van der Waals surface area contributed by atoms with Crippen LogP contribution in [-0.4, -0.2) is 17.7 Å². The highest BCUT2D eigenvalue weighted by Gasteiger charge is 2.30. The third-order valence-electron chi connectivity index (χ3n) is 7.63. The molecule has 0 aliphatic carbocycles. The summed E-state index contributed by atoms with van der Waals surface area (Å²) in [5, 5.41) is 10.6. The van der Waals surface area contributed by atoms with E-state index in [1.165, 1.54) is 89.9 Å². The summed E-state index contributed by atoms with van der Waals surface area (Å²) in [6, 6.07) is 3.76. The van der Waals surface area contributed by atoms with Crippen LogP contribution in [0, 0.1) is 0 Å². The summed E-state index contributed by atoms with van der Waals surface area (Å²) in [6.45, 7) is 15.7. The smallest absolute Gasteiger partial charge is 0.306 e. The van der Waals surface area contributed by atoms with Crippen molar-refractivity contribution in [2.75, 3.05) is 6.61 Å². The van der Waals surface area contributed by atoms with Crippen LogP contribution in [0.4, 0.5) is 0 Å². The van der Waals surface area contributed by atoms with Gasteiger partial charge in [-0.15, -0.1) is 0 Å². The van der Waals surface area contributed by atoms with Gasteiger partial charge < -0.3 is 9.84 Å². The Morgan fingerprint density at radius 3 is 1.50 bits per heavy atom. The Hall–Kier alpha value is -1.51. The molecule has 3 nitrogen and oxygen atoms in total. The van der Waals surface area contributed by atoms with Crippen molar-refractivity contribution in [3.8, 4) is 5.75 Å². The highest BCUT2D eigenvalue weighted by molar-refractivity contribution is 5.70. The van der Waals surface area contributed by atoms with Crippen molar-refractivity contribution in [3.05, 3.63) is 28.8 Å². The Bertz CT molecular complexity index is 767. The van der Waals surface area contributed by atoms with Crippen molar-refractivity contribution in [1.82, 2.24) is 0 Å². The molecular weight excluding hydrogens is 468 g/mol. The molecule has 0 atom stereocenters. The lowest BCUT2D eigenvalue weighted by molar-refractivity contribution is -0.143. The molecule has 0 radical (unpaired) electrons. The van der Waals surface area contributed by atoms with Gasteiger partial charge in [0.05, 0.1) is 6.61 Å². The fraction of sp³-hybridized carbons (Fsp3) is 0.800. The average Bonchev–Trinajstić information content (AvgIpc) is 2.83. The summed E-state index contributed by atoms with van der Waals surface area (Å²) in [6.07, 6.45) is 22.5. The summed E-state index contributed by atoms with van der Waals surface area (Å²) in [5.74, 6) is 0.230. The van der Waals surface area contributed by atoms with Crippen LogP contribution in [-0.2, 0) is 26.8 Å². The van der Waals surface area contributed by atoms with Gasteiger partial charge in [-0.2, -0.15) is 0 Å². The minimum absolute atomic E-state index is 0.115. The molecule has 1 aromatic carbocycles. The van der Waals surface area contributed by atoms with E-state index < -0.39 is 0 Å². The second-order valence-electron chi connectivity index (χ2n) is 13.5. The molecule has 220 valence electrons. The van der Waals surface area contributed by atoms with Gasteiger partial charge in [0.25, 0.3) is 0 Å². The van der Waals surface area contributed by atoms with Crippen LogP contribution in [0.1, 0.15) is 174 Å². The lowest BCUT2D eigenvalue weighted by Crippen LogP contribution is -2.24. The summed E-state index contributed by atoms with van der Waals surface area (Å²) in [5.41, 5.74) is 3.00. The van der Waals surface area contributed by atoms with Gasteiger partial charge in [-0.3, -0.25) is 4.79 Å². The maximum absolute atomic E-state index is 12.4. The molecule has 0 aliphatic rings. The van der Waals surface area contributed by atoms with Gasteiger partial charge in [0, 0.05) is 12.0 Å². The summed E-state index contributed by atoms with van der Waals surface area (Å²) in [4.78, 5) is 12.4. The fourth-order valence-electron chi connectivity index (χ4n) is 5.60. The van der Waals surface area contributed by atoms with E-state index in [9.17, 15) is 9.90 Å². The third-order valence-corrected chi connectivity index (χ3v) is 7.63. The van der Waals surface area contributed by atoms with Gasteiger partial charge in [0.15, 0.2) is 0 Å². The molecule has 38 heavy (non-hydrogen) atoms. The zero-order valence-electron chi connectivity index (χ0n) is 26.4. The van der Waals surface area contributed by atoms with Crippen molar-refractivity contribution in [2.45, 2.75) is 175 Å². The number of hydrogen-bond acceptors (Lipinski definition) is 3. The molecule has 0 aliphatic heterocycles. The third kappa shape index (κ3) is 14.6. The molecule has 3 heteroatoms. The number of esters is 1. The van der Waals surface area contributed by atoms with Gasteiger partial charge in [0.1, 0.15) is 5.75 Å². The van der Waals surface area contributed by atoms with Gasteiger partial charge in [-0.25, -0.2) is 0 Å². The Morgan fingerprint density at radius 1 is 0.658 bits per heavy atom. The Labute approximate surface area is 236 Å². The quantitative estimate of drug-likeness (QED) is 0.135. The first kappa shape index (κ1) is 34.5. The minimum atomic E-state index is -0.170. The molecule has 0 saturated heterocycles. The largest absolute Gasteiger partial charge is 0.508 e. The maximum atomic E-state index is 12.4. The normalized spacial score (nSPS) is 12.2. The number of hydrogen-bond donors (Lipinski definition) is 1. The van der Waals surface area contributed by atoms with Crippen LogP contribution >= 0.6 is 0 Å². The molecule has 0 saturated carbocycles. The first-order valence-corrected chi connectivity index (χ1v) is 16.0. The molecule has 0 heterocycles. The number of rotatable bonds is 20. The number of aromatic hydroxyl groups is 1. The van der Waals surface area contributed by atoms with Crippen molar-refractivity contribution >= 4 is 5.97 Å². The van der Waals surface area contributed by atoms with Crippen LogP contribution < -0.4 is 0 Å². The van der Waals surface area contributed by atoms with Crippen molar-refractivity contribution in [3.63, 3.8) is 0 Å². The minimum Gasteiger partial charge on any atom is -0.508 e. The molecule has 0 unspecified atom stereocenters. The monoisotopic (exact) mass is 530 g/mol. The van der Waals surface area contributed by atoms with E-state index in [-0.39, 0.29) is 16.8 Å². The molecular formula is C35H62O3. The molecule has 0 aromatic heterocycles. The van der Waals surface area contributed by atoms with Crippen LogP contribution in [0.15, 0.2) is 12.1 Å². The zero-order valence-corrected chi connectivity index (χ0v) is 26.4. The number of carbonyl (C=O) groups is 1. The zero-order chi connectivity index (χ0) is 28.4. The van der Waals surface area contributed by atoms with E-state index >= 15 is 0 Å². The number of phenolic OH excluding ortho intramolecular Hbond substituents is 1. The van der Waals surface area contributed by atoms with Crippen LogP contribution in [0.2, 0.25) is 0 Å². The van der Waals surface area contributed by atoms with Gasteiger partial charge >= 0.3 is 5.97 Å². The van der Waals surface area contributed by atoms with Crippen LogP contribution in [0.25, 0.3) is 0 Å². The first-order chi connectivity index (χ1) is 18.0. The fourth-order valence-corrected chi connectivity index (χ4v) is 5.60. The molecule has 1 rings (SSSR count). The molecule has 0 bridgehead atoms. The number of phenols is 1. The maximum Gasteiger partial charge on any atom is 0.306 e. The highest BCUT2D eigenvalue weighted by Crippen LogP contribution is 2.41. The molecule has 0 fully saturated rings. The Balaban J connectivity index is 2.15. The van der Waals surface area contributed by atoms with E-state index in [4.69, 9.17) is 4.74 Å². The number of carbonyl (C=O) groups excluding carboxylic acids is 1. The van der Waals surface area contributed by atoms with E-state index in [1.54, 1.807) is 6.07 Å². The van der Waals surface area contributed by atoms with E-state index in [0.717, 1.165) is 29.5 Å². The van der Waals surface area contributed by atoms with Crippen LogP contribution in [0.5, 0.6) is 5.75 Å². The van der Waals surface area contributed by atoms with E-state index in [1.807, 2.05) is 6.07 Å². The molecule has 0 amide bonds.